The fourth-order valence-electron chi connectivity index (χ4n) is 6.08. The summed E-state index contributed by atoms with van der Waals surface area (Å²) in [5.74, 6) is 1.56. The standard InChI is InChI=1S/C32H35N3O4/c1-38-25-17-19-34(20-18-25)29-9-5-6-10-30(29)39-26-14-11-22(12-15-26)31-33-27-21-23(32(36)37)13-16-28(27)35(31)24-7-3-2-4-8-24/h5-6,9-16,21,24-25H,2-4,7-8,17-20H2,1H3,(H,36,37). The molecule has 1 aliphatic heterocycles. The van der Waals surface area contributed by atoms with Gasteiger partial charge in [0, 0.05) is 31.8 Å². The minimum Gasteiger partial charge on any atom is -0.478 e. The van der Waals surface area contributed by atoms with Crippen molar-refractivity contribution in [3.63, 3.8) is 0 Å². The van der Waals surface area contributed by atoms with Gasteiger partial charge in [-0.15, -0.1) is 0 Å². The second-order valence-corrected chi connectivity index (χ2v) is 10.6. The zero-order chi connectivity index (χ0) is 26.8. The first-order chi connectivity index (χ1) is 19.1. The number of carboxylic acids is 1. The second kappa shape index (κ2) is 11.1. The van der Waals surface area contributed by atoms with Crippen LogP contribution in [-0.4, -0.2) is 46.9 Å². The number of anilines is 1. The molecule has 0 unspecified atom stereocenters. The van der Waals surface area contributed by atoms with Gasteiger partial charge in [0.15, 0.2) is 5.75 Å². The van der Waals surface area contributed by atoms with Crippen molar-refractivity contribution < 1.29 is 19.4 Å². The maximum absolute atomic E-state index is 11.6. The maximum atomic E-state index is 11.6. The highest BCUT2D eigenvalue weighted by atomic mass is 16.5. The molecule has 202 valence electrons. The van der Waals surface area contributed by atoms with E-state index in [4.69, 9.17) is 14.5 Å². The minimum atomic E-state index is -0.935. The van der Waals surface area contributed by atoms with E-state index in [0.29, 0.717) is 12.1 Å². The van der Waals surface area contributed by atoms with Gasteiger partial charge in [0.25, 0.3) is 0 Å². The Bertz CT molecular complexity index is 1450. The van der Waals surface area contributed by atoms with E-state index in [9.17, 15) is 9.90 Å². The van der Waals surface area contributed by atoms with Crippen LogP contribution in [0.15, 0.2) is 66.7 Å². The number of methoxy groups -OCH3 is 1. The Labute approximate surface area is 229 Å². The van der Waals surface area contributed by atoms with Crippen molar-refractivity contribution in [1.29, 1.82) is 0 Å². The van der Waals surface area contributed by atoms with Crippen LogP contribution in [0.5, 0.6) is 11.5 Å². The van der Waals surface area contributed by atoms with Crippen molar-refractivity contribution in [2.24, 2.45) is 0 Å². The zero-order valence-electron chi connectivity index (χ0n) is 22.4. The molecule has 7 nitrogen and oxygen atoms in total. The van der Waals surface area contributed by atoms with Gasteiger partial charge in [0.1, 0.15) is 11.6 Å². The molecule has 1 aromatic heterocycles. The van der Waals surface area contributed by atoms with E-state index in [0.717, 1.165) is 78.4 Å². The third kappa shape index (κ3) is 5.23. The quantitative estimate of drug-likeness (QED) is 0.273. The summed E-state index contributed by atoms with van der Waals surface area (Å²) in [5, 5.41) is 9.51. The topological polar surface area (TPSA) is 76.8 Å². The molecule has 0 radical (unpaired) electrons. The van der Waals surface area contributed by atoms with Gasteiger partial charge < -0.3 is 24.0 Å². The van der Waals surface area contributed by atoms with E-state index in [1.54, 1.807) is 19.2 Å². The van der Waals surface area contributed by atoms with Crippen molar-refractivity contribution in [3.05, 3.63) is 72.3 Å². The average molecular weight is 526 g/mol. The van der Waals surface area contributed by atoms with Crippen LogP contribution in [0.3, 0.4) is 0 Å². The molecular formula is C32H35N3O4. The zero-order valence-corrected chi connectivity index (χ0v) is 22.4. The minimum absolute atomic E-state index is 0.260. The van der Waals surface area contributed by atoms with E-state index in [-0.39, 0.29) is 5.56 Å². The third-order valence-electron chi connectivity index (χ3n) is 8.20. The summed E-state index contributed by atoms with van der Waals surface area (Å²) in [7, 11) is 1.79. The average Bonchev–Trinajstić information content (AvgIpc) is 3.37. The van der Waals surface area contributed by atoms with Crippen LogP contribution in [0.25, 0.3) is 22.4 Å². The molecule has 0 bridgehead atoms. The van der Waals surface area contributed by atoms with Gasteiger partial charge >= 0.3 is 5.97 Å². The lowest BCUT2D eigenvalue weighted by Crippen LogP contribution is -2.36. The molecule has 1 saturated carbocycles. The Morgan fingerprint density at radius 3 is 2.38 bits per heavy atom. The maximum Gasteiger partial charge on any atom is 0.335 e. The highest BCUT2D eigenvalue weighted by Gasteiger charge is 2.24. The molecule has 1 saturated heterocycles. The third-order valence-corrected chi connectivity index (χ3v) is 8.20. The number of imidazole rings is 1. The molecule has 39 heavy (non-hydrogen) atoms. The van der Waals surface area contributed by atoms with Crippen molar-refractivity contribution in [2.45, 2.75) is 57.1 Å². The molecule has 0 atom stereocenters. The SMILES string of the molecule is COC1CCN(c2ccccc2Oc2ccc(-c3nc4cc(C(=O)O)ccc4n3C3CCCCC3)cc2)CC1. The number of piperidine rings is 1. The van der Waals surface area contributed by atoms with E-state index in [2.05, 4.69) is 33.7 Å². The van der Waals surface area contributed by atoms with Crippen LogP contribution in [-0.2, 0) is 4.74 Å². The van der Waals surface area contributed by atoms with Crippen molar-refractivity contribution in [2.75, 3.05) is 25.1 Å². The Morgan fingerprint density at radius 2 is 1.67 bits per heavy atom. The Balaban J connectivity index is 1.29. The summed E-state index contributed by atoms with van der Waals surface area (Å²) in [6.45, 7) is 1.89. The van der Waals surface area contributed by atoms with Crippen LogP contribution in [0.4, 0.5) is 5.69 Å². The summed E-state index contributed by atoms with van der Waals surface area (Å²) >= 11 is 0. The number of aromatic carboxylic acids is 1. The number of nitrogens with zero attached hydrogens (tertiary/aromatic N) is 3. The van der Waals surface area contributed by atoms with Crippen molar-refractivity contribution in [3.8, 4) is 22.9 Å². The van der Waals surface area contributed by atoms with Crippen molar-refractivity contribution >= 4 is 22.7 Å². The number of aromatic nitrogens is 2. The predicted octanol–water partition coefficient (Wildman–Crippen LogP) is 7.31. The largest absolute Gasteiger partial charge is 0.478 e. The molecule has 4 aromatic rings. The highest BCUT2D eigenvalue weighted by molar-refractivity contribution is 5.93. The number of rotatable bonds is 7. The molecule has 7 heteroatoms. The number of para-hydroxylation sites is 2. The fraction of sp³-hybridized carbons (Fsp3) is 0.375. The number of carbonyl (C=O) groups is 1. The van der Waals surface area contributed by atoms with E-state index < -0.39 is 5.97 Å². The molecule has 2 fully saturated rings. The Morgan fingerprint density at radius 1 is 0.923 bits per heavy atom. The van der Waals surface area contributed by atoms with Crippen LogP contribution < -0.4 is 9.64 Å². The lowest BCUT2D eigenvalue weighted by Gasteiger charge is -2.33. The van der Waals surface area contributed by atoms with Gasteiger partial charge in [0.2, 0.25) is 0 Å². The number of benzene rings is 3. The molecular weight excluding hydrogens is 490 g/mol. The second-order valence-electron chi connectivity index (χ2n) is 10.6. The summed E-state index contributed by atoms with van der Waals surface area (Å²) in [6.07, 6.45) is 8.23. The molecule has 0 spiro atoms. The summed E-state index contributed by atoms with van der Waals surface area (Å²) in [5.41, 5.74) is 4.08. The van der Waals surface area contributed by atoms with E-state index in [1.165, 1.54) is 19.3 Å². The predicted molar refractivity (Wildman–Crippen MR) is 153 cm³/mol. The highest BCUT2D eigenvalue weighted by Crippen LogP contribution is 2.38. The Hall–Kier alpha value is -3.84. The van der Waals surface area contributed by atoms with Crippen LogP contribution in [0.1, 0.15) is 61.3 Å². The van der Waals surface area contributed by atoms with Gasteiger partial charge in [-0.1, -0.05) is 31.4 Å². The molecule has 1 N–H and O–H groups in total. The van der Waals surface area contributed by atoms with Gasteiger partial charge in [-0.05, 0) is 80.3 Å². The first kappa shape index (κ1) is 25.4. The Kier molecular flexibility index (Phi) is 7.24. The van der Waals surface area contributed by atoms with Crippen molar-refractivity contribution in [1.82, 2.24) is 9.55 Å². The molecule has 1 aliphatic carbocycles. The lowest BCUT2D eigenvalue weighted by molar-refractivity contribution is 0.0697. The fourth-order valence-corrected chi connectivity index (χ4v) is 6.08. The first-order valence-electron chi connectivity index (χ1n) is 14.0. The monoisotopic (exact) mass is 525 g/mol. The molecule has 2 aliphatic rings. The summed E-state index contributed by atoms with van der Waals surface area (Å²) in [6, 6.07) is 21.9. The lowest BCUT2D eigenvalue weighted by atomic mass is 9.95. The normalized spacial score (nSPS) is 17.0. The van der Waals surface area contributed by atoms with Crippen LogP contribution in [0.2, 0.25) is 0 Å². The van der Waals surface area contributed by atoms with Crippen LogP contribution >= 0.6 is 0 Å². The number of fused-ring (bicyclic) bond motifs is 1. The van der Waals surface area contributed by atoms with E-state index >= 15 is 0 Å². The molecule has 0 amide bonds. The van der Waals surface area contributed by atoms with E-state index in [1.807, 2.05) is 30.3 Å². The van der Waals surface area contributed by atoms with Gasteiger partial charge in [-0.25, -0.2) is 9.78 Å². The number of hydrogen-bond donors (Lipinski definition) is 1. The van der Waals surface area contributed by atoms with Gasteiger partial charge in [-0.3, -0.25) is 0 Å². The van der Waals surface area contributed by atoms with Crippen LogP contribution in [0, 0.1) is 0 Å². The number of carboxylic acid groups (broad SMARTS) is 1. The summed E-state index contributed by atoms with van der Waals surface area (Å²) in [4.78, 5) is 18.9. The smallest absolute Gasteiger partial charge is 0.335 e. The van der Waals surface area contributed by atoms with Gasteiger partial charge in [0.05, 0.1) is 28.4 Å². The molecule has 3 aromatic carbocycles. The number of ether oxygens (including phenoxy) is 2. The first-order valence-corrected chi connectivity index (χ1v) is 14.0. The molecule has 6 rings (SSSR count). The van der Waals surface area contributed by atoms with Gasteiger partial charge in [-0.2, -0.15) is 0 Å². The summed E-state index contributed by atoms with van der Waals surface area (Å²) < 4.78 is 14.3. The number of hydrogen-bond acceptors (Lipinski definition) is 5. The molecule has 2 heterocycles.